The Bertz CT molecular complexity index is 755. The minimum atomic E-state index is -0.107. The van der Waals surface area contributed by atoms with Crippen LogP contribution < -0.4 is 5.32 Å². The number of amides is 1. The molecule has 0 unspecified atom stereocenters. The van der Waals surface area contributed by atoms with Crippen molar-refractivity contribution < 1.29 is 4.79 Å². The van der Waals surface area contributed by atoms with Gasteiger partial charge in [-0.2, -0.15) is 0 Å². The molecule has 22 heavy (non-hydrogen) atoms. The Kier molecular flexibility index (Phi) is 4.50. The maximum Gasteiger partial charge on any atom is 0.236 e. The predicted octanol–water partition coefficient (Wildman–Crippen LogP) is 2.67. The molecule has 1 aromatic carbocycles. The number of nitrogens with one attached hydrogen (secondary N) is 1. The molecular formula is C14H13N5OS2. The van der Waals surface area contributed by atoms with E-state index in [4.69, 9.17) is 0 Å². The van der Waals surface area contributed by atoms with Gasteiger partial charge in [0.2, 0.25) is 5.91 Å². The van der Waals surface area contributed by atoms with Gasteiger partial charge in [-0.3, -0.25) is 4.79 Å². The van der Waals surface area contributed by atoms with E-state index in [0.29, 0.717) is 10.3 Å². The van der Waals surface area contributed by atoms with Crippen molar-refractivity contribution in [1.29, 1.82) is 0 Å². The second kappa shape index (κ2) is 6.71. The first-order valence-electron chi connectivity index (χ1n) is 6.51. The van der Waals surface area contributed by atoms with Gasteiger partial charge >= 0.3 is 0 Å². The Morgan fingerprint density at radius 1 is 1.32 bits per heavy atom. The number of carbonyl (C=O) groups is 1. The van der Waals surface area contributed by atoms with Gasteiger partial charge in [-0.05, 0) is 0 Å². The molecule has 0 atom stereocenters. The number of rotatable bonds is 5. The normalized spacial score (nSPS) is 10.6. The summed E-state index contributed by atoms with van der Waals surface area (Å²) in [6, 6.07) is 9.83. The minimum Gasteiger partial charge on any atom is -0.305 e. The zero-order chi connectivity index (χ0) is 15.4. The number of carbonyl (C=O) groups excluding carboxylic acids is 1. The summed E-state index contributed by atoms with van der Waals surface area (Å²) >= 11 is 2.74. The van der Waals surface area contributed by atoms with Gasteiger partial charge in [-0.15, -0.1) is 21.5 Å². The van der Waals surface area contributed by atoms with Gasteiger partial charge in [0, 0.05) is 24.2 Å². The number of thioether (sulfide) groups is 1. The van der Waals surface area contributed by atoms with Crippen LogP contribution in [0, 0.1) is 0 Å². The molecule has 0 aliphatic rings. The number of hydrogen-bond acceptors (Lipinski definition) is 6. The smallest absolute Gasteiger partial charge is 0.236 e. The number of benzene rings is 1. The Labute approximate surface area is 135 Å². The van der Waals surface area contributed by atoms with Gasteiger partial charge in [-0.1, -0.05) is 42.1 Å². The molecular weight excluding hydrogens is 318 g/mol. The van der Waals surface area contributed by atoms with Crippen LogP contribution in [0.1, 0.15) is 0 Å². The van der Waals surface area contributed by atoms with Crippen molar-refractivity contribution in [3.63, 3.8) is 0 Å². The van der Waals surface area contributed by atoms with Crippen LogP contribution in [0.3, 0.4) is 0 Å². The molecule has 0 bridgehead atoms. The van der Waals surface area contributed by atoms with E-state index in [1.165, 1.54) is 23.1 Å². The zero-order valence-corrected chi connectivity index (χ0v) is 13.4. The van der Waals surface area contributed by atoms with Crippen molar-refractivity contribution in [3.8, 4) is 11.4 Å². The first-order valence-corrected chi connectivity index (χ1v) is 8.37. The van der Waals surface area contributed by atoms with E-state index in [0.717, 1.165) is 11.4 Å². The highest BCUT2D eigenvalue weighted by molar-refractivity contribution is 7.99. The molecule has 0 saturated carbocycles. The van der Waals surface area contributed by atoms with E-state index >= 15 is 0 Å². The van der Waals surface area contributed by atoms with Crippen LogP contribution in [-0.4, -0.2) is 31.4 Å². The maximum absolute atomic E-state index is 11.8. The van der Waals surface area contributed by atoms with E-state index in [1.807, 2.05) is 47.3 Å². The number of hydrogen-bond donors (Lipinski definition) is 1. The highest BCUT2D eigenvalue weighted by Crippen LogP contribution is 2.22. The molecule has 8 heteroatoms. The average molecular weight is 331 g/mol. The van der Waals surface area contributed by atoms with Crippen LogP contribution in [-0.2, 0) is 11.8 Å². The van der Waals surface area contributed by atoms with Crippen molar-refractivity contribution in [2.45, 2.75) is 5.16 Å². The van der Waals surface area contributed by atoms with Gasteiger partial charge in [0.1, 0.15) is 0 Å². The lowest BCUT2D eigenvalue weighted by Crippen LogP contribution is -2.14. The summed E-state index contributed by atoms with van der Waals surface area (Å²) in [4.78, 5) is 15.9. The SMILES string of the molecule is Cn1c(SCC(=O)Nc2nccs2)nnc1-c1ccccc1. The van der Waals surface area contributed by atoms with Crippen LogP contribution in [0.15, 0.2) is 47.1 Å². The second-order valence-electron chi connectivity index (χ2n) is 4.41. The Morgan fingerprint density at radius 3 is 2.86 bits per heavy atom. The predicted molar refractivity (Wildman–Crippen MR) is 87.9 cm³/mol. The van der Waals surface area contributed by atoms with E-state index in [2.05, 4.69) is 20.5 Å². The first kappa shape index (κ1) is 14.7. The third-order valence-corrected chi connectivity index (χ3v) is 4.59. The molecule has 1 amide bonds. The van der Waals surface area contributed by atoms with E-state index in [-0.39, 0.29) is 11.7 Å². The fourth-order valence-corrected chi connectivity index (χ4v) is 3.11. The van der Waals surface area contributed by atoms with Crippen LogP contribution in [0.4, 0.5) is 5.13 Å². The summed E-state index contributed by atoms with van der Waals surface area (Å²) in [5.74, 6) is 0.938. The van der Waals surface area contributed by atoms with Crippen molar-refractivity contribution in [2.75, 3.05) is 11.1 Å². The van der Waals surface area contributed by atoms with Crippen LogP contribution in [0.5, 0.6) is 0 Å². The monoisotopic (exact) mass is 331 g/mol. The highest BCUT2D eigenvalue weighted by atomic mass is 32.2. The van der Waals surface area contributed by atoms with Gasteiger partial charge in [0.15, 0.2) is 16.1 Å². The number of aromatic nitrogens is 4. The van der Waals surface area contributed by atoms with Crippen molar-refractivity contribution >= 4 is 34.1 Å². The lowest BCUT2D eigenvalue weighted by Gasteiger charge is -2.04. The Balaban J connectivity index is 1.64. The van der Waals surface area contributed by atoms with Crippen molar-refractivity contribution in [1.82, 2.24) is 19.7 Å². The zero-order valence-electron chi connectivity index (χ0n) is 11.8. The minimum absolute atomic E-state index is 0.107. The van der Waals surface area contributed by atoms with Gasteiger partial charge in [0.25, 0.3) is 0 Å². The molecule has 6 nitrogen and oxygen atoms in total. The number of anilines is 1. The van der Waals surface area contributed by atoms with Crippen molar-refractivity contribution in [2.24, 2.45) is 7.05 Å². The molecule has 2 heterocycles. The van der Waals surface area contributed by atoms with Gasteiger partial charge in [0.05, 0.1) is 5.75 Å². The number of nitrogens with zero attached hydrogens (tertiary/aromatic N) is 4. The van der Waals surface area contributed by atoms with Crippen LogP contribution in [0.2, 0.25) is 0 Å². The molecule has 0 spiro atoms. The summed E-state index contributed by atoms with van der Waals surface area (Å²) in [7, 11) is 1.89. The molecule has 0 radical (unpaired) electrons. The molecule has 0 aliphatic carbocycles. The molecule has 3 rings (SSSR count). The van der Waals surface area contributed by atoms with Gasteiger partial charge in [-0.25, -0.2) is 4.98 Å². The third kappa shape index (κ3) is 3.34. The Morgan fingerprint density at radius 2 is 2.14 bits per heavy atom. The highest BCUT2D eigenvalue weighted by Gasteiger charge is 2.13. The summed E-state index contributed by atoms with van der Waals surface area (Å²) in [6.07, 6.45) is 1.65. The quantitative estimate of drug-likeness (QED) is 0.728. The molecule has 0 saturated heterocycles. The number of thiazole rings is 1. The lowest BCUT2D eigenvalue weighted by molar-refractivity contribution is -0.113. The lowest BCUT2D eigenvalue weighted by atomic mass is 10.2. The fraction of sp³-hybridized carbons (Fsp3) is 0.143. The average Bonchev–Trinajstić information content (AvgIpc) is 3.16. The second-order valence-corrected chi connectivity index (χ2v) is 6.24. The molecule has 2 aromatic heterocycles. The van der Waals surface area contributed by atoms with E-state index < -0.39 is 0 Å². The van der Waals surface area contributed by atoms with Crippen LogP contribution >= 0.6 is 23.1 Å². The summed E-state index contributed by atoms with van der Waals surface area (Å²) in [5, 5.41) is 14.2. The maximum atomic E-state index is 11.8. The fourth-order valence-electron chi connectivity index (χ4n) is 1.85. The molecule has 0 fully saturated rings. The molecule has 112 valence electrons. The topological polar surface area (TPSA) is 72.7 Å². The standard InChI is InChI=1S/C14H13N5OS2/c1-19-12(10-5-3-2-4-6-10)17-18-14(19)22-9-11(20)16-13-15-7-8-21-13/h2-8H,9H2,1H3,(H,15,16,20). The molecule has 1 N–H and O–H groups in total. The van der Waals surface area contributed by atoms with Crippen molar-refractivity contribution in [3.05, 3.63) is 41.9 Å². The van der Waals surface area contributed by atoms with Crippen LogP contribution in [0.25, 0.3) is 11.4 Å². The molecule has 0 aliphatic heterocycles. The third-order valence-electron chi connectivity index (χ3n) is 2.88. The summed E-state index contributed by atoms with van der Waals surface area (Å²) in [6.45, 7) is 0. The largest absolute Gasteiger partial charge is 0.305 e. The summed E-state index contributed by atoms with van der Waals surface area (Å²) < 4.78 is 1.89. The van der Waals surface area contributed by atoms with Gasteiger partial charge < -0.3 is 9.88 Å². The van der Waals surface area contributed by atoms with E-state index in [9.17, 15) is 4.79 Å². The summed E-state index contributed by atoms with van der Waals surface area (Å²) in [5.41, 5.74) is 0.997. The van der Waals surface area contributed by atoms with E-state index in [1.54, 1.807) is 6.20 Å². The molecule has 3 aromatic rings. The Hall–Kier alpha value is -2.19. The first-order chi connectivity index (χ1) is 10.7.